The SMILES string of the molecule is Cc1cc(Cl)ccc1-n1nc(Cc2ccccc2Cl)c2c1NCCCC2. The standard InChI is InChI=1S/C21H21Cl2N3/c1-14-12-16(22)9-10-20(14)26-21-17(7-4-5-11-24-21)19(25-26)13-15-6-2-3-8-18(15)23/h2-3,6,8-10,12,24H,4-5,7,11,13H2,1H3. The molecule has 0 unspecified atom stereocenters. The van der Waals surface area contributed by atoms with E-state index in [-0.39, 0.29) is 0 Å². The second-order valence-corrected chi connectivity index (χ2v) is 7.61. The third-order valence-electron chi connectivity index (χ3n) is 4.92. The minimum absolute atomic E-state index is 0.739. The largest absolute Gasteiger partial charge is 0.370 e. The van der Waals surface area contributed by atoms with Gasteiger partial charge in [-0.15, -0.1) is 0 Å². The van der Waals surface area contributed by atoms with Crippen LogP contribution in [0.1, 0.15) is 35.2 Å². The zero-order valence-corrected chi connectivity index (χ0v) is 16.2. The Morgan fingerprint density at radius 1 is 1.12 bits per heavy atom. The number of nitrogens with one attached hydrogen (secondary N) is 1. The van der Waals surface area contributed by atoms with Gasteiger partial charge in [0.05, 0.1) is 11.4 Å². The van der Waals surface area contributed by atoms with E-state index in [1.165, 1.54) is 18.4 Å². The molecule has 2 aromatic carbocycles. The van der Waals surface area contributed by atoms with Gasteiger partial charge in [0, 0.05) is 28.6 Å². The molecule has 0 saturated heterocycles. The number of benzene rings is 2. The fraction of sp³-hybridized carbons (Fsp3) is 0.286. The fourth-order valence-corrected chi connectivity index (χ4v) is 4.00. The number of nitrogens with zero attached hydrogens (tertiary/aromatic N) is 2. The summed E-state index contributed by atoms with van der Waals surface area (Å²) in [5, 5.41) is 10.1. The summed E-state index contributed by atoms with van der Waals surface area (Å²) in [5.41, 5.74) is 5.68. The van der Waals surface area contributed by atoms with Crippen LogP contribution in [0.5, 0.6) is 0 Å². The number of fused-ring (bicyclic) bond motifs is 1. The smallest absolute Gasteiger partial charge is 0.133 e. The second-order valence-electron chi connectivity index (χ2n) is 6.77. The molecule has 3 aromatic rings. The lowest BCUT2D eigenvalue weighted by Gasteiger charge is -2.11. The van der Waals surface area contributed by atoms with E-state index < -0.39 is 0 Å². The molecule has 5 heteroatoms. The summed E-state index contributed by atoms with van der Waals surface area (Å²) in [7, 11) is 0. The Morgan fingerprint density at radius 2 is 1.96 bits per heavy atom. The predicted octanol–water partition coefficient (Wildman–Crippen LogP) is 5.83. The number of rotatable bonds is 3. The number of anilines is 1. The summed E-state index contributed by atoms with van der Waals surface area (Å²) < 4.78 is 2.04. The van der Waals surface area contributed by atoms with E-state index in [2.05, 4.69) is 18.3 Å². The molecule has 0 radical (unpaired) electrons. The van der Waals surface area contributed by atoms with Crippen LogP contribution in [-0.4, -0.2) is 16.3 Å². The molecule has 0 atom stereocenters. The summed E-state index contributed by atoms with van der Waals surface area (Å²) in [4.78, 5) is 0. The highest BCUT2D eigenvalue weighted by atomic mass is 35.5. The molecule has 2 heterocycles. The molecule has 1 N–H and O–H groups in total. The first-order chi connectivity index (χ1) is 12.6. The van der Waals surface area contributed by atoms with Crippen LogP contribution in [0.3, 0.4) is 0 Å². The molecular formula is C21H21Cl2N3. The molecule has 0 aliphatic carbocycles. The van der Waals surface area contributed by atoms with Crippen molar-refractivity contribution in [3.05, 3.63) is 74.9 Å². The van der Waals surface area contributed by atoms with Gasteiger partial charge < -0.3 is 5.32 Å². The van der Waals surface area contributed by atoms with E-state index in [0.29, 0.717) is 0 Å². The molecule has 4 rings (SSSR count). The Kier molecular flexibility index (Phi) is 4.92. The summed E-state index contributed by atoms with van der Waals surface area (Å²) in [5.74, 6) is 1.11. The number of aromatic nitrogens is 2. The first-order valence-corrected chi connectivity index (χ1v) is 9.73. The third kappa shape index (κ3) is 3.34. The molecule has 0 bridgehead atoms. The first-order valence-electron chi connectivity index (χ1n) is 8.98. The monoisotopic (exact) mass is 385 g/mol. The Hall–Kier alpha value is -1.97. The molecule has 0 amide bonds. The van der Waals surface area contributed by atoms with E-state index in [0.717, 1.165) is 57.8 Å². The number of hydrogen-bond donors (Lipinski definition) is 1. The van der Waals surface area contributed by atoms with Gasteiger partial charge in [-0.3, -0.25) is 0 Å². The van der Waals surface area contributed by atoms with Crippen LogP contribution in [0, 0.1) is 6.92 Å². The van der Waals surface area contributed by atoms with Crippen LogP contribution in [0.2, 0.25) is 10.0 Å². The maximum atomic E-state index is 6.39. The summed E-state index contributed by atoms with van der Waals surface area (Å²) in [6.45, 7) is 3.04. The topological polar surface area (TPSA) is 29.9 Å². The van der Waals surface area contributed by atoms with Crippen molar-refractivity contribution >= 4 is 29.0 Å². The average Bonchev–Trinajstić information content (AvgIpc) is 2.80. The predicted molar refractivity (Wildman–Crippen MR) is 109 cm³/mol. The van der Waals surface area contributed by atoms with Gasteiger partial charge in [-0.2, -0.15) is 5.10 Å². The molecule has 0 spiro atoms. The summed E-state index contributed by atoms with van der Waals surface area (Å²) >= 11 is 12.5. The first kappa shape index (κ1) is 17.4. The highest BCUT2D eigenvalue weighted by Crippen LogP contribution is 2.32. The molecule has 3 nitrogen and oxygen atoms in total. The van der Waals surface area contributed by atoms with Gasteiger partial charge in [0.2, 0.25) is 0 Å². The van der Waals surface area contributed by atoms with Crippen LogP contribution in [0.25, 0.3) is 5.69 Å². The van der Waals surface area contributed by atoms with Gasteiger partial charge in [-0.25, -0.2) is 4.68 Å². The van der Waals surface area contributed by atoms with Crippen molar-refractivity contribution in [3.63, 3.8) is 0 Å². The minimum atomic E-state index is 0.739. The van der Waals surface area contributed by atoms with Gasteiger partial charge in [0.15, 0.2) is 0 Å². The van der Waals surface area contributed by atoms with Gasteiger partial charge >= 0.3 is 0 Å². The maximum absolute atomic E-state index is 6.39. The van der Waals surface area contributed by atoms with Crippen molar-refractivity contribution in [1.29, 1.82) is 0 Å². The van der Waals surface area contributed by atoms with Gasteiger partial charge in [0.25, 0.3) is 0 Å². The van der Waals surface area contributed by atoms with Crippen molar-refractivity contribution < 1.29 is 0 Å². The molecule has 0 saturated carbocycles. The van der Waals surface area contributed by atoms with Crippen LogP contribution < -0.4 is 5.32 Å². The molecule has 1 aliphatic heterocycles. The van der Waals surface area contributed by atoms with Crippen molar-refractivity contribution in [3.8, 4) is 5.69 Å². The van der Waals surface area contributed by atoms with Crippen molar-refractivity contribution in [1.82, 2.24) is 9.78 Å². The molecule has 0 fully saturated rings. The summed E-state index contributed by atoms with van der Waals surface area (Å²) in [6, 6.07) is 13.9. The van der Waals surface area contributed by atoms with E-state index in [1.807, 2.05) is 41.1 Å². The number of halogens is 2. The lowest BCUT2D eigenvalue weighted by atomic mass is 10.0. The van der Waals surface area contributed by atoms with Crippen molar-refractivity contribution in [2.45, 2.75) is 32.6 Å². The summed E-state index contributed by atoms with van der Waals surface area (Å²) in [6.07, 6.45) is 4.11. The van der Waals surface area contributed by atoms with Crippen LogP contribution in [0.15, 0.2) is 42.5 Å². The van der Waals surface area contributed by atoms with Crippen LogP contribution >= 0.6 is 23.2 Å². The fourth-order valence-electron chi connectivity index (χ4n) is 3.57. The Balaban J connectivity index is 1.83. The van der Waals surface area contributed by atoms with E-state index in [1.54, 1.807) is 0 Å². The normalized spacial score (nSPS) is 13.8. The van der Waals surface area contributed by atoms with E-state index in [4.69, 9.17) is 28.3 Å². The zero-order valence-electron chi connectivity index (χ0n) is 14.7. The Labute approximate surface area is 163 Å². The average molecular weight is 386 g/mol. The Bertz CT molecular complexity index is 946. The highest BCUT2D eigenvalue weighted by molar-refractivity contribution is 6.31. The lowest BCUT2D eigenvalue weighted by molar-refractivity contribution is 0.767. The quantitative estimate of drug-likeness (QED) is 0.614. The number of hydrogen-bond acceptors (Lipinski definition) is 2. The maximum Gasteiger partial charge on any atom is 0.133 e. The van der Waals surface area contributed by atoms with Gasteiger partial charge in [-0.1, -0.05) is 41.4 Å². The third-order valence-corrected chi connectivity index (χ3v) is 5.52. The van der Waals surface area contributed by atoms with Crippen molar-refractivity contribution in [2.24, 2.45) is 0 Å². The number of aryl methyl sites for hydroxylation is 1. The van der Waals surface area contributed by atoms with Crippen LogP contribution in [0.4, 0.5) is 5.82 Å². The highest BCUT2D eigenvalue weighted by Gasteiger charge is 2.22. The second kappa shape index (κ2) is 7.34. The Morgan fingerprint density at radius 3 is 2.77 bits per heavy atom. The molecule has 1 aromatic heterocycles. The van der Waals surface area contributed by atoms with E-state index >= 15 is 0 Å². The molecule has 26 heavy (non-hydrogen) atoms. The molecule has 1 aliphatic rings. The minimum Gasteiger partial charge on any atom is -0.370 e. The van der Waals surface area contributed by atoms with Gasteiger partial charge in [0.1, 0.15) is 5.82 Å². The zero-order chi connectivity index (χ0) is 18.1. The van der Waals surface area contributed by atoms with Gasteiger partial charge in [-0.05, 0) is 61.6 Å². The molecule has 134 valence electrons. The van der Waals surface area contributed by atoms with Crippen LogP contribution in [-0.2, 0) is 12.8 Å². The van der Waals surface area contributed by atoms with E-state index in [9.17, 15) is 0 Å². The lowest BCUT2D eigenvalue weighted by Crippen LogP contribution is -2.08. The van der Waals surface area contributed by atoms with Crippen molar-refractivity contribution in [2.75, 3.05) is 11.9 Å². The molecular weight excluding hydrogens is 365 g/mol.